The first-order chi connectivity index (χ1) is 11.2. The maximum atomic E-state index is 12.2. The quantitative estimate of drug-likeness (QED) is 0.658. The summed E-state index contributed by atoms with van der Waals surface area (Å²) in [5.74, 6) is 1.10. The summed E-state index contributed by atoms with van der Waals surface area (Å²) in [5.41, 5.74) is 3.36. The lowest BCUT2D eigenvalue weighted by molar-refractivity contribution is 0.643. The number of aryl methyl sites for hydroxylation is 2. The molecule has 4 nitrogen and oxygen atoms in total. The van der Waals surface area contributed by atoms with Crippen LogP contribution in [-0.2, 0) is 29.5 Å². The second-order valence-electron chi connectivity index (χ2n) is 5.25. The molecule has 3 aromatic rings. The van der Waals surface area contributed by atoms with Crippen molar-refractivity contribution in [1.82, 2.24) is 14.8 Å². The van der Waals surface area contributed by atoms with Crippen molar-refractivity contribution in [1.29, 1.82) is 0 Å². The van der Waals surface area contributed by atoms with Gasteiger partial charge in [0.25, 0.3) is 0 Å². The summed E-state index contributed by atoms with van der Waals surface area (Å²) < 4.78 is 14.0. The number of hydrogen-bond acceptors (Lipinski definition) is 4. The van der Waals surface area contributed by atoms with Gasteiger partial charge < -0.3 is 0 Å². The van der Waals surface area contributed by atoms with Gasteiger partial charge >= 0.3 is 0 Å². The van der Waals surface area contributed by atoms with E-state index in [-0.39, 0.29) is 0 Å². The Morgan fingerprint density at radius 1 is 1.26 bits per heavy atom. The van der Waals surface area contributed by atoms with Gasteiger partial charge in [0.2, 0.25) is 0 Å². The molecule has 0 amide bonds. The summed E-state index contributed by atoms with van der Waals surface area (Å²) >= 11 is 1.61. The minimum absolute atomic E-state index is 0.505. The molecule has 3 rings (SSSR count). The molecule has 0 saturated heterocycles. The Bertz CT molecular complexity index is 764. The van der Waals surface area contributed by atoms with Gasteiger partial charge in [-0.3, -0.25) is 8.89 Å². The minimum atomic E-state index is -0.920. The first-order valence-corrected chi connectivity index (χ1v) is 9.97. The van der Waals surface area contributed by atoms with E-state index in [1.54, 1.807) is 22.2 Å². The number of nitrogens with zero attached hydrogens (tertiary/aromatic N) is 3. The highest BCUT2D eigenvalue weighted by Gasteiger charge is 2.08. The molecule has 0 bridgehead atoms. The molecule has 0 saturated carbocycles. The van der Waals surface area contributed by atoms with Crippen molar-refractivity contribution >= 4 is 22.1 Å². The molecule has 6 heteroatoms. The highest BCUT2D eigenvalue weighted by Crippen LogP contribution is 2.24. The van der Waals surface area contributed by atoms with Gasteiger partial charge in [0.15, 0.2) is 0 Å². The Hall–Kier alpha value is -1.79. The maximum absolute atomic E-state index is 12.2. The largest absolute Gasteiger partial charge is 0.272 e. The zero-order chi connectivity index (χ0) is 16.1. The zero-order valence-electron chi connectivity index (χ0n) is 13.0. The van der Waals surface area contributed by atoms with Crippen LogP contribution in [0, 0.1) is 0 Å². The molecular weight excluding hydrogens is 326 g/mol. The van der Waals surface area contributed by atoms with Crippen LogP contribution in [0.25, 0.3) is 10.6 Å². The van der Waals surface area contributed by atoms with Gasteiger partial charge in [0, 0.05) is 39.9 Å². The standard InChI is InChI=1S/C17H19N3OS2/c1-2-14-4-6-15(7-5-14)17-19-16(12-22-17)13-23(21)11-10-20-9-3-8-18-20/h3-9,12H,2,10-11,13H2,1H3. The predicted octanol–water partition coefficient (Wildman–Crippen LogP) is 3.52. The summed E-state index contributed by atoms with van der Waals surface area (Å²) in [6.07, 6.45) is 4.66. The molecule has 0 radical (unpaired) electrons. The number of aromatic nitrogens is 3. The lowest BCUT2D eigenvalue weighted by Crippen LogP contribution is -2.09. The first kappa shape index (κ1) is 16.1. The van der Waals surface area contributed by atoms with E-state index < -0.39 is 10.8 Å². The van der Waals surface area contributed by atoms with E-state index in [9.17, 15) is 4.21 Å². The molecule has 1 unspecified atom stereocenters. The number of hydrogen-bond donors (Lipinski definition) is 0. The third-order valence-corrected chi connectivity index (χ3v) is 5.77. The third-order valence-electron chi connectivity index (χ3n) is 3.58. The van der Waals surface area contributed by atoms with Crippen LogP contribution in [0.5, 0.6) is 0 Å². The van der Waals surface area contributed by atoms with Crippen molar-refractivity contribution < 1.29 is 4.21 Å². The SMILES string of the molecule is CCc1ccc(-c2nc(CS(=O)CCn3cccn3)cs2)cc1. The summed E-state index contributed by atoms with van der Waals surface area (Å²) in [5, 5.41) is 7.12. The third kappa shape index (κ3) is 4.36. The summed E-state index contributed by atoms with van der Waals surface area (Å²) in [6.45, 7) is 2.82. The molecule has 2 aromatic heterocycles. The Morgan fingerprint density at radius 2 is 2.09 bits per heavy atom. The predicted molar refractivity (Wildman–Crippen MR) is 95.9 cm³/mol. The molecule has 2 heterocycles. The average molecular weight is 345 g/mol. The van der Waals surface area contributed by atoms with Crippen LogP contribution in [0.4, 0.5) is 0 Å². The lowest BCUT2D eigenvalue weighted by atomic mass is 10.1. The molecule has 0 spiro atoms. The second-order valence-corrected chi connectivity index (χ2v) is 7.69. The Kier molecular flexibility index (Phi) is 5.35. The molecule has 0 fully saturated rings. The molecule has 23 heavy (non-hydrogen) atoms. The van der Waals surface area contributed by atoms with Crippen molar-refractivity contribution in [2.45, 2.75) is 25.6 Å². The monoisotopic (exact) mass is 345 g/mol. The van der Waals surface area contributed by atoms with Gasteiger partial charge in [-0.2, -0.15) is 5.10 Å². The zero-order valence-corrected chi connectivity index (χ0v) is 14.6. The highest BCUT2D eigenvalue weighted by molar-refractivity contribution is 7.84. The molecular formula is C17H19N3OS2. The van der Waals surface area contributed by atoms with Crippen LogP contribution < -0.4 is 0 Å². The van der Waals surface area contributed by atoms with Gasteiger partial charge in [-0.25, -0.2) is 4.98 Å². The van der Waals surface area contributed by atoms with Crippen LogP contribution in [0.3, 0.4) is 0 Å². The Morgan fingerprint density at radius 3 is 2.78 bits per heavy atom. The maximum Gasteiger partial charge on any atom is 0.123 e. The normalized spacial score (nSPS) is 12.4. The average Bonchev–Trinajstić information content (AvgIpc) is 3.25. The van der Waals surface area contributed by atoms with Crippen LogP contribution in [0.15, 0.2) is 48.1 Å². The van der Waals surface area contributed by atoms with Crippen molar-refractivity contribution in [2.24, 2.45) is 0 Å². The van der Waals surface area contributed by atoms with E-state index >= 15 is 0 Å². The summed E-state index contributed by atoms with van der Waals surface area (Å²) in [6, 6.07) is 10.4. The second kappa shape index (κ2) is 7.66. The van der Waals surface area contributed by atoms with Gasteiger partial charge in [-0.05, 0) is 18.1 Å². The first-order valence-electron chi connectivity index (χ1n) is 7.60. The highest BCUT2D eigenvalue weighted by atomic mass is 32.2. The molecule has 0 N–H and O–H groups in total. The van der Waals surface area contributed by atoms with Crippen LogP contribution in [-0.4, -0.2) is 24.7 Å². The number of benzene rings is 1. The van der Waals surface area contributed by atoms with Gasteiger partial charge in [0.05, 0.1) is 18.0 Å². The minimum Gasteiger partial charge on any atom is -0.272 e. The van der Waals surface area contributed by atoms with E-state index in [2.05, 4.69) is 41.3 Å². The van der Waals surface area contributed by atoms with Gasteiger partial charge in [0.1, 0.15) is 5.01 Å². The van der Waals surface area contributed by atoms with E-state index in [0.717, 1.165) is 22.7 Å². The molecule has 1 aromatic carbocycles. The Labute approximate surface area is 142 Å². The smallest absolute Gasteiger partial charge is 0.123 e. The van der Waals surface area contributed by atoms with Crippen molar-refractivity contribution in [3.05, 3.63) is 59.4 Å². The fraction of sp³-hybridized carbons (Fsp3) is 0.294. The molecule has 0 aliphatic heterocycles. The fourth-order valence-electron chi connectivity index (χ4n) is 2.25. The van der Waals surface area contributed by atoms with Crippen LogP contribution >= 0.6 is 11.3 Å². The van der Waals surface area contributed by atoms with Crippen molar-refractivity contribution in [2.75, 3.05) is 5.75 Å². The Balaban J connectivity index is 1.58. The molecule has 120 valence electrons. The summed E-state index contributed by atoms with van der Waals surface area (Å²) in [4.78, 5) is 4.62. The van der Waals surface area contributed by atoms with Gasteiger partial charge in [-0.15, -0.1) is 11.3 Å². The summed E-state index contributed by atoms with van der Waals surface area (Å²) in [7, 11) is -0.920. The van der Waals surface area contributed by atoms with Crippen LogP contribution in [0.2, 0.25) is 0 Å². The number of rotatable bonds is 7. The topological polar surface area (TPSA) is 47.8 Å². The number of thiazole rings is 1. The molecule has 0 aliphatic rings. The lowest BCUT2D eigenvalue weighted by Gasteiger charge is -2.01. The van der Waals surface area contributed by atoms with Crippen molar-refractivity contribution in [3.63, 3.8) is 0 Å². The fourth-order valence-corrected chi connectivity index (χ4v) is 4.20. The van der Waals surface area contributed by atoms with E-state index in [1.165, 1.54) is 5.56 Å². The van der Waals surface area contributed by atoms with Crippen LogP contribution in [0.1, 0.15) is 18.2 Å². The van der Waals surface area contributed by atoms with Crippen molar-refractivity contribution in [3.8, 4) is 10.6 Å². The van der Waals surface area contributed by atoms with E-state index in [1.807, 2.05) is 17.6 Å². The van der Waals surface area contributed by atoms with Gasteiger partial charge in [-0.1, -0.05) is 31.2 Å². The van der Waals surface area contributed by atoms with E-state index in [4.69, 9.17) is 0 Å². The van der Waals surface area contributed by atoms with E-state index in [0.29, 0.717) is 18.1 Å². The molecule has 0 aliphatic carbocycles. The molecule has 1 atom stereocenters.